The lowest BCUT2D eigenvalue weighted by Crippen LogP contribution is -2.37. The van der Waals surface area contributed by atoms with Crippen LogP contribution in [-0.4, -0.2) is 19.6 Å². The van der Waals surface area contributed by atoms with Gasteiger partial charge in [-0.15, -0.1) is 0 Å². The van der Waals surface area contributed by atoms with E-state index >= 15 is 0 Å². The fraction of sp³-hybridized carbons (Fsp3) is 0.667. The van der Waals surface area contributed by atoms with Crippen molar-refractivity contribution in [3.63, 3.8) is 0 Å². The molecule has 0 saturated heterocycles. The Morgan fingerprint density at radius 3 is 2.90 bits per heavy atom. The van der Waals surface area contributed by atoms with Crippen molar-refractivity contribution >= 4 is 5.69 Å². The van der Waals surface area contributed by atoms with Crippen LogP contribution < -0.4 is 10.2 Å². The lowest BCUT2D eigenvalue weighted by atomic mass is 9.87. The summed E-state index contributed by atoms with van der Waals surface area (Å²) in [6.45, 7) is 7.02. The van der Waals surface area contributed by atoms with Gasteiger partial charge >= 0.3 is 0 Å². The van der Waals surface area contributed by atoms with Gasteiger partial charge in [-0.3, -0.25) is 0 Å². The van der Waals surface area contributed by atoms with Crippen LogP contribution in [0.25, 0.3) is 0 Å². The summed E-state index contributed by atoms with van der Waals surface area (Å²) in [4.78, 5) is 2.39. The number of rotatable bonds is 3. The molecule has 110 valence electrons. The largest absolute Gasteiger partial charge is 0.374 e. The highest BCUT2D eigenvalue weighted by atomic mass is 15.1. The topological polar surface area (TPSA) is 15.3 Å². The maximum Gasteiger partial charge on any atom is 0.0396 e. The summed E-state index contributed by atoms with van der Waals surface area (Å²) < 4.78 is 0. The van der Waals surface area contributed by atoms with Gasteiger partial charge in [0.25, 0.3) is 0 Å². The van der Waals surface area contributed by atoms with Crippen LogP contribution in [0.4, 0.5) is 5.69 Å². The highest BCUT2D eigenvalue weighted by Gasteiger charge is 2.33. The van der Waals surface area contributed by atoms with Gasteiger partial charge in [-0.2, -0.15) is 0 Å². The number of fused-ring (bicyclic) bond motifs is 1. The van der Waals surface area contributed by atoms with Crippen molar-refractivity contribution in [3.8, 4) is 0 Å². The van der Waals surface area contributed by atoms with Crippen LogP contribution in [0.15, 0.2) is 18.2 Å². The number of hydrogen-bond donors (Lipinski definition) is 1. The maximum atomic E-state index is 3.79. The van der Waals surface area contributed by atoms with Crippen LogP contribution >= 0.6 is 0 Å². The van der Waals surface area contributed by atoms with Gasteiger partial charge in [-0.25, -0.2) is 0 Å². The summed E-state index contributed by atoms with van der Waals surface area (Å²) >= 11 is 0. The van der Waals surface area contributed by atoms with Crippen molar-refractivity contribution in [1.82, 2.24) is 5.32 Å². The van der Waals surface area contributed by atoms with Crippen LogP contribution in [0.1, 0.15) is 50.7 Å². The van der Waals surface area contributed by atoms with E-state index in [-0.39, 0.29) is 0 Å². The zero-order valence-corrected chi connectivity index (χ0v) is 13.2. The summed E-state index contributed by atoms with van der Waals surface area (Å²) in [5.41, 5.74) is 4.88. The molecule has 1 fully saturated rings. The van der Waals surface area contributed by atoms with E-state index in [0.717, 1.165) is 6.54 Å². The standard InChI is InChI=1S/C18H28N2/c1-18(2)10-4-7-17(18)19-13-14-8-9-16-15(12-14)6-5-11-20(16)3/h8-9,12,17,19H,4-7,10-11,13H2,1-3H3. The second kappa shape index (κ2) is 5.40. The lowest BCUT2D eigenvalue weighted by Gasteiger charge is -2.29. The molecule has 1 aliphatic heterocycles. The van der Waals surface area contributed by atoms with Crippen molar-refractivity contribution < 1.29 is 0 Å². The molecule has 1 aromatic rings. The van der Waals surface area contributed by atoms with Crippen LogP contribution in [0.5, 0.6) is 0 Å². The van der Waals surface area contributed by atoms with E-state index in [1.165, 1.54) is 55.5 Å². The zero-order chi connectivity index (χ0) is 14.2. The molecule has 2 nitrogen and oxygen atoms in total. The quantitative estimate of drug-likeness (QED) is 0.902. The summed E-state index contributed by atoms with van der Waals surface area (Å²) in [6.07, 6.45) is 6.60. The van der Waals surface area contributed by atoms with Gasteiger partial charge in [0.05, 0.1) is 0 Å². The van der Waals surface area contributed by atoms with Crippen molar-refractivity contribution in [3.05, 3.63) is 29.3 Å². The minimum atomic E-state index is 0.467. The zero-order valence-electron chi connectivity index (χ0n) is 13.2. The third-order valence-electron chi connectivity index (χ3n) is 5.30. The van der Waals surface area contributed by atoms with Crippen LogP contribution in [0.2, 0.25) is 0 Å². The summed E-state index contributed by atoms with van der Waals surface area (Å²) in [5, 5.41) is 3.79. The molecule has 1 aromatic carbocycles. The van der Waals surface area contributed by atoms with E-state index < -0.39 is 0 Å². The molecule has 2 heteroatoms. The van der Waals surface area contributed by atoms with Crippen molar-refractivity contribution in [1.29, 1.82) is 0 Å². The average Bonchev–Trinajstić information content (AvgIpc) is 2.75. The van der Waals surface area contributed by atoms with E-state index in [9.17, 15) is 0 Å². The van der Waals surface area contributed by atoms with Gasteiger partial charge in [-0.1, -0.05) is 32.4 Å². The Bertz CT molecular complexity index is 478. The van der Waals surface area contributed by atoms with E-state index in [4.69, 9.17) is 0 Å². The average molecular weight is 272 g/mol. The minimum Gasteiger partial charge on any atom is -0.374 e. The molecule has 0 amide bonds. The fourth-order valence-corrected chi connectivity index (χ4v) is 3.89. The SMILES string of the molecule is CN1CCCc2cc(CNC3CCCC3(C)C)ccc21. The summed E-state index contributed by atoms with van der Waals surface area (Å²) in [5.74, 6) is 0. The van der Waals surface area contributed by atoms with E-state index in [0.29, 0.717) is 11.5 Å². The number of nitrogens with zero attached hydrogens (tertiary/aromatic N) is 1. The Morgan fingerprint density at radius 2 is 2.15 bits per heavy atom. The van der Waals surface area contributed by atoms with Crippen LogP contribution in [0, 0.1) is 5.41 Å². The molecule has 20 heavy (non-hydrogen) atoms. The first-order valence-electron chi connectivity index (χ1n) is 8.12. The Morgan fingerprint density at radius 1 is 1.30 bits per heavy atom. The first kappa shape index (κ1) is 13.9. The Kier molecular flexibility index (Phi) is 3.76. The number of aryl methyl sites for hydroxylation is 1. The van der Waals surface area contributed by atoms with Gasteiger partial charge in [0, 0.05) is 31.9 Å². The van der Waals surface area contributed by atoms with Gasteiger partial charge in [0.1, 0.15) is 0 Å². The smallest absolute Gasteiger partial charge is 0.0396 e. The predicted octanol–water partition coefficient (Wildman–Crippen LogP) is 3.74. The number of benzene rings is 1. The van der Waals surface area contributed by atoms with E-state index in [1.807, 2.05) is 0 Å². The molecule has 1 unspecified atom stereocenters. The van der Waals surface area contributed by atoms with Crippen molar-refractivity contribution in [2.24, 2.45) is 5.41 Å². The van der Waals surface area contributed by atoms with E-state index in [2.05, 4.69) is 49.3 Å². The van der Waals surface area contributed by atoms with Gasteiger partial charge < -0.3 is 10.2 Å². The number of nitrogens with one attached hydrogen (secondary N) is 1. The molecule has 0 radical (unpaired) electrons. The monoisotopic (exact) mass is 272 g/mol. The Labute approximate surface area is 123 Å². The molecule has 3 rings (SSSR count). The second-order valence-corrected chi connectivity index (χ2v) is 7.30. The summed E-state index contributed by atoms with van der Waals surface area (Å²) in [6, 6.07) is 7.71. The van der Waals surface area contributed by atoms with Crippen LogP contribution in [-0.2, 0) is 13.0 Å². The fourth-order valence-electron chi connectivity index (χ4n) is 3.89. The second-order valence-electron chi connectivity index (χ2n) is 7.30. The Hall–Kier alpha value is -1.02. The molecule has 1 N–H and O–H groups in total. The van der Waals surface area contributed by atoms with Gasteiger partial charge in [0.15, 0.2) is 0 Å². The number of hydrogen-bond acceptors (Lipinski definition) is 2. The molecule has 1 aliphatic carbocycles. The number of anilines is 1. The van der Waals surface area contributed by atoms with Crippen LogP contribution in [0.3, 0.4) is 0 Å². The normalized spacial score (nSPS) is 24.8. The predicted molar refractivity (Wildman–Crippen MR) is 86.3 cm³/mol. The molecule has 0 spiro atoms. The third kappa shape index (κ3) is 2.71. The maximum absolute atomic E-state index is 3.79. The minimum absolute atomic E-state index is 0.467. The lowest BCUT2D eigenvalue weighted by molar-refractivity contribution is 0.282. The molecule has 1 saturated carbocycles. The van der Waals surface area contributed by atoms with Gasteiger partial charge in [0.2, 0.25) is 0 Å². The molecule has 0 aromatic heterocycles. The molecular formula is C18H28N2. The molecular weight excluding hydrogens is 244 g/mol. The molecule has 0 bridgehead atoms. The third-order valence-corrected chi connectivity index (χ3v) is 5.30. The highest BCUT2D eigenvalue weighted by molar-refractivity contribution is 5.56. The van der Waals surface area contributed by atoms with Crippen molar-refractivity contribution in [2.75, 3.05) is 18.5 Å². The molecule has 2 aliphatic rings. The van der Waals surface area contributed by atoms with Gasteiger partial charge in [-0.05, 0) is 48.3 Å². The van der Waals surface area contributed by atoms with Crippen molar-refractivity contribution in [2.45, 2.75) is 58.5 Å². The molecule has 1 heterocycles. The highest BCUT2D eigenvalue weighted by Crippen LogP contribution is 2.37. The molecule has 1 atom stereocenters. The first-order valence-corrected chi connectivity index (χ1v) is 8.12. The van der Waals surface area contributed by atoms with E-state index in [1.54, 1.807) is 0 Å². The Balaban J connectivity index is 1.67. The first-order chi connectivity index (χ1) is 9.56. The summed E-state index contributed by atoms with van der Waals surface area (Å²) in [7, 11) is 2.21.